The molecule has 2 aliphatic carbocycles. The van der Waals surface area contributed by atoms with E-state index >= 15 is 0 Å². The summed E-state index contributed by atoms with van der Waals surface area (Å²) in [6.45, 7) is 3.02. The maximum atomic E-state index is 9.05. The van der Waals surface area contributed by atoms with Crippen molar-refractivity contribution in [1.29, 1.82) is 0 Å². The fourth-order valence-electron chi connectivity index (χ4n) is 3.55. The summed E-state index contributed by atoms with van der Waals surface area (Å²) in [6, 6.07) is 8.64. The first-order valence-corrected chi connectivity index (χ1v) is 7.36. The van der Waals surface area contributed by atoms with E-state index in [-0.39, 0.29) is 6.61 Å². The molecular weight excluding hydrogens is 238 g/mol. The molecule has 19 heavy (non-hydrogen) atoms. The molecular formula is C16H23NO2. The summed E-state index contributed by atoms with van der Waals surface area (Å²) in [5, 5.41) is 12.7. The highest BCUT2D eigenvalue weighted by Crippen LogP contribution is 2.58. The van der Waals surface area contributed by atoms with Crippen molar-refractivity contribution in [2.75, 3.05) is 11.9 Å². The third kappa shape index (κ3) is 2.15. The Balaban J connectivity index is 1.64. The van der Waals surface area contributed by atoms with Gasteiger partial charge in [-0.05, 0) is 43.9 Å². The van der Waals surface area contributed by atoms with Gasteiger partial charge in [-0.1, -0.05) is 18.6 Å². The predicted octanol–water partition coefficient (Wildman–Crippen LogP) is 2.94. The molecule has 2 aliphatic rings. The Labute approximate surface area is 115 Å². The first-order valence-electron chi connectivity index (χ1n) is 7.36. The quantitative estimate of drug-likeness (QED) is 0.856. The van der Waals surface area contributed by atoms with E-state index in [9.17, 15) is 0 Å². The highest BCUT2D eigenvalue weighted by atomic mass is 16.5. The summed E-state index contributed by atoms with van der Waals surface area (Å²) in [5.41, 5.74) is 2.51. The molecule has 2 N–H and O–H groups in total. The molecule has 0 heterocycles. The topological polar surface area (TPSA) is 41.5 Å². The smallest absolute Gasteiger partial charge is 0.0681 e. The molecule has 1 aromatic rings. The van der Waals surface area contributed by atoms with Crippen LogP contribution in [0.25, 0.3) is 0 Å². The van der Waals surface area contributed by atoms with E-state index in [1.54, 1.807) is 0 Å². The lowest BCUT2D eigenvalue weighted by Gasteiger charge is -2.61. The molecule has 1 spiro atoms. The van der Waals surface area contributed by atoms with Gasteiger partial charge in [0.2, 0.25) is 0 Å². The monoisotopic (exact) mass is 261 g/mol. The largest absolute Gasteiger partial charge is 0.392 e. The first-order chi connectivity index (χ1) is 9.28. The number of rotatable bonds is 5. The Kier molecular flexibility index (Phi) is 3.50. The molecule has 3 rings (SSSR count). The first kappa shape index (κ1) is 12.9. The molecule has 2 unspecified atom stereocenters. The molecule has 0 amide bonds. The van der Waals surface area contributed by atoms with Crippen LogP contribution in [-0.4, -0.2) is 23.9 Å². The second-order valence-electron chi connectivity index (χ2n) is 5.82. The summed E-state index contributed by atoms with van der Waals surface area (Å²) >= 11 is 0. The highest BCUT2D eigenvalue weighted by Gasteiger charge is 2.58. The molecule has 2 fully saturated rings. The van der Waals surface area contributed by atoms with E-state index in [1.807, 2.05) is 12.1 Å². The summed E-state index contributed by atoms with van der Waals surface area (Å²) in [7, 11) is 0. The van der Waals surface area contributed by atoms with Crippen molar-refractivity contribution < 1.29 is 9.84 Å². The fraction of sp³-hybridized carbons (Fsp3) is 0.625. The SMILES string of the molecule is CCOC1CC(Nc2ccc(CO)cc2)C12CCC2. The van der Waals surface area contributed by atoms with E-state index < -0.39 is 0 Å². The van der Waals surface area contributed by atoms with Crippen molar-refractivity contribution in [2.24, 2.45) is 5.41 Å². The van der Waals surface area contributed by atoms with Gasteiger partial charge in [0, 0.05) is 23.8 Å². The Morgan fingerprint density at radius 3 is 2.58 bits per heavy atom. The van der Waals surface area contributed by atoms with Crippen LogP contribution in [0.2, 0.25) is 0 Å². The number of aliphatic hydroxyl groups excluding tert-OH is 1. The summed E-state index contributed by atoms with van der Waals surface area (Å²) in [5.74, 6) is 0. The Bertz CT molecular complexity index is 425. The van der Waals surface area contributed by atoms with Crippen LogP contribution in [0.1, 0.15) is 38.2 Å². The molecule has 2 saturated carbocycles. The third-order valence-electron chi connectivity index (χ3n) is 4.91. The second kappa shape index (κ2) is 5.14. The lowest BCUT2D eigenvalue weighted by molar-refractivity contribution is -0.157. The zero-order chi connectivity index (χ0) is 13.3. The van der Waals surface area contributed by atoms with Crippen molar-refractivity contribution in [3.8, 4) is 0 Å². The predicted molar refractivity (Wildman–Crippen MR) is 76.1 cm³/mol. The van der Waals surface area contributed by atoms with Gasteiger partial charge in [-0.2, -0.15) is 0 Å². The van der Waals surface area contributed by atoms with Gasteiger partial charge in [0.25, 0.3) is 0 Å². The van der Waals surface area contributed by atoms with Crippen LogP contribution in [0.5, 0.6) is 0 Å². The van der Waals surface area contributed by atoms with Crippen LogP contribution in [0.3, 0.4) is 0 Å². The number of benzene rings is 1. The van der Waals surface area contributed by atoms with E-state index in [1.165, 1.54) is 19.3 Å². The Hall–Kier alpha value is -1.06. The van der Waals surface area contributed by atoms with E-state index in [0.29, 0.717) is 17.6 Å². The number of hydrogen-bond donors (Lipinski definition) is 2. The Morgan fingerprint density at radius 2 is 2.05 bits per heavy atom. The van der Waals surface area contributed by atoms with Crippen molar-refractivity contribution in [3.63, 3.8) is 0 Å². The molecule has 3 heteroatoms. The zero-order valence-corrected chi connectivity index (χ0v) is 11.6. The normalized spacial score (nSPS) is 27.7. The molecule has 0 aliphatic heterocycles. The number of nitrogens with one attached hydrogen (secondary N) is 1. The van der Waals surface area contributed by atoms with Crippen LogP contribution in [0.15, 0.2) is 24.3 Å². The minimum Gasteiger partial charge on any atom is -0.392 e. The van der Waals surface area contributed by atoms with Gasteiger partial charge < -0.3 is 15.2 Å². The molecule has 0 saturated heterocycles. The molecule has 0 radical (unpaired) electrons. The molecule has 3 nitrogen and oxygen atoms in total. The average Bonchev–Trinajstić information content (AvgIpc) is 2.36. The van der Waals surface area contributed by atoms with Gasteiger partial charge >= 0.3 is 0 Å². The van der Waals surface area contributed by atoms with E-state index in [2.05, 4.69) is 24.4 Å². The van der Waals surface area contributed by atoms with Crippen LogP contribution >= 0.6 is 0 Å². The zero-order valence-electron chi connectivity index (χ0n) is 11.6. The van der Waals surface area contributed by atoms with Crippen LogP contribution < -0.4 is 5.32 Å². The van der Waals surface area contributed by atoms with Crippen molar-refractivity contribution in [2.45, 2.75) is 51.4 Å². The van der Waals surface area contributed by atoms with Gasteiger partial charge in [0.1, 0.15) is 0 Å². The van der Waals surface area contributed by atoms with Crippen LogP contribution in [-0.2, 0) is 11.3 Å². The van der Waals surface area contributed by atoms with Crippen molar-refractivity contribution >= 4 is 5.69 Å². The molecule has 1 aromatic carbocycles. The lowest BCUT2D eigenvalue weighted by atomic mass is 9.51. The minimum absolute atomic E-state index is 0.111. The Morgan fingerprint density at radius 1 is 1.32 bits per heavy atom. The van der Waals surface area contributed by atoms with Gasteiger partial charge in [0.05, 0.1) is 12.7 Å². The standard InChI is InChI=1S/C16H23NO2/c1-2-19-15-10-14(16(15)8-3-9-16)17-13-6-4-12(11-18)5-7-13/h4-7,14-15,17-18H,2-3,8-11H2,1H3. The fourth-order valence-corrected chi connectivity index (χ4v) is 3.55. The number of aliphatic hydroxyl groups is 1. The third-order valence-corrected chi connectivity index (χ3v) is 4.91. The molecule has 0 aromatic heterocycles. The minimum atomic E-state index is 0.111. The molecule has 104 valence electrons. The van der Waals surface area contributed by atoms with Crippen molar-refractivity contribution in [1.82, 2.24) is 0 Å². The van der Waals surface area contributed by atoms with Gasteiger partial charge in [-0.3, -0.25) is 0 Å². The number of hydrogen-bond acceptors (Lipinski definition) is 3. The molecule has 2 atom stereocenters. The van der Waals surface area contributed by atoms with Crippen LogP contribution in [0, 0.1) is 5.41 Å². The highest BCUT2D eigenvalue weighted by molar-refractivity contribution is 5.47. The molecule has 0 bridgehead atoms. The second-order valence-corrected chi connectivity index (χ2v) is 5.82. The number of anilines is 1. The maximum Gasteiger partial charge on any atom is 0.0681 e. The average molecular weight is 261 g/mol. The summed E-state index contributed by atoms with van der Waals surface area (Å²) < 4.78 is 5.87. The van der Waals surface area contributed by atoms with E-state index in [4.69, 9.17) is 9.84 Å². The maximum absolute atomic E-state index is 9.05. The van der Waals surface area contributed by atoms with Gasteiger partial charge in [-0.25, -0.2) is 0 Å². The van der Waals surface area contributed by atoms with Gasteiger partial charge in [0.15, 0.2) is 0 Å². The van der Waals surface area contributed by atoms with Crippen molar-refractivity contribution in [3.05, 3.63) is 29.8 Å². The lowest BCUT2D eigenvalue weighted by Crippen LogP contribution is -2.64. The van der Waals surface area contributed by atoms with Crippen LogP contribution in [0.4, 0.5) is 5.69 Å². The number of ether oxygens (including phenoxy) is 1. The summed E-state index contributed by atoms with van der Waals surface area (Å²) in [4.78, 5) is 0. The van der Waals surface area contributed by atoms with Gasteiger partial charge in [-0.15, -0.1) is 0 Å². The van der Waals surface area contributed by atoms with E-state index in [0.717, 1.165) is 24.3 Å². The summed E-state index contributed by atoms with van der Waals surface area (Å²) in [6.07, 6.45) is 5.51.